The number of aliphatic hydroxyl groups is 1. The molecular weight excluding hydrogens is 268 g/mol. The van der Waals surface area contributed by atoms with Gasteiger partial charge in [-0.15, -0.1) is 0 Å². The first-order valence-corrected chi connectivity index (χ1v) is 7.33. The van der Waals surface area contributed by atoms with Crippen LogP contribution in [0.4, 0.5) is 0 Å². The second kappa shape index (κ2) is 7.78. The van der Waals surface area contributed by atoms with Crippen molar-refractivity contribution in [3.8, 4) is 0 Å². The van der Waals surface area contributed by atoms with E-state index in [-0.39, 0.29) is 5.91 Å². The highest BCUT2D eigenvalue weighted by Gasteiger charge is 2.23. The molecule has 0 aliphatic heterocycles. The van der Waals surface area contributed by atoms with Gasteiger partial charge in [-0.25, -0.2) is 0 Å². The molecule has 1 unspecified atom stereocenters. The fourth-order valence-corrected chi connectivity index (χ4v) is 2.64. The summed E-state index contributed by atoms with van der Waals surface area (Å²) in [6, 6.07) is 7.05. The van der Waals surface area contributed by atoms with Crippen molar-refractivity contribution in [2.24, 2.45) is 11.1 Å². The molecule has 0 spiro atoms. The quantitative estimate of drug-likeness (QED) is 0.621. The summed E-state index contributed by atoms with van der Waals surface area (Å²) in [4.78, 5) is 16.6. The molecule has 0 aromatic heterocycles. The number of rotatable bonds is 6. The lowest BCUT2D eigenvalue weighted by Crippen LogP contribution is -2.35. The first-order chi connectivity index (χ1) is 10.2. The minimum atomic E-state index is -0.440. The Morgan fingerprint density at radius 1 is 1.43 bits per heavy atom. The highest BCUT2D eigenvalue weighted by Crippen LogP contribution is 2.27. The van der Waals surface area contributed by atoms with Gasteiger partial charge in [-0.1, -0.05) is 30.1 Å². The second-order valence-electron chi connectivity index (χ2n) is 5.36. The Morgan fingerprint density at radius 3 is 2.71 bits per heavy atom. The number of benzene rings is 1. The Hall–Kier alpha value is -1.88. The van der Waals surface area contributed by atoms with Crippen LogP contribution >= 0.6 is 0 Å². The van der Waals surface area contributed by atoms with Gasteiger partial charge in [-0.2, -0.15) is 0 Å². The van der Waals surface area contributed by atoms with E-state index in [2.05, 4.69) is 15.3 Å². The van der Waals surface area contributed by atoms with Gasteiger partial charge in [0.05, 0.1) is 12.3 Å². The molecule has 1 saturated carbocycles. The zero-order valence-electron chi connectivity index (χ0n) is 12.3. The standard InChI is InChI=1S/C16H22N2O3/c1-21-18-10-12-6-8-14(9-7-12)16(20)17-11-15(19)13-4-2-3-5-13/h6-10,13,15,19H,2-5,11H2,1H3,(H,17,20)/b18-10+. The highest BCUT2D eigenvalue weighted by atomic mass is 16.6. The monoisotopic (exact) mass is 290 g/mol. The molecule has 1 aliphatic carbocycles. The Labute approximate surface area is 125 Å². The van der Waals surface area contributed by atoms with Crippen molar-refractivity contribution in [1.29, 1.82) is 0 Å². The lowest BCUT2D eigenvalue weighted by Gasteiger charge is -2.18. The van der Waals surface area contributed by atoms with Gasteiger partial charge in [0.2, 0.25) is 0 Å². The third-order valence-electron chi connectivity index (χ3n) is 3.90. The van der Waals surface area contributed by atoms with Gasteiger partial charge in [0, 0.05) is 12.1 Å². The van der Waals surface area contributed by atoms with Gasteiger partial charge < -0.3 is 15.3 Å². The van der Waals surface area contributed by atoms with Crippen LogP contribution in [0.25, 0.3) is 0 Å². The summed E-state index contributed by atoms with van der Waals surface area (Å²) in [5.74, 6) is 0.167. The van der Waals surface area contributed by atoms with Gasteiger partial charge >= 0.3 is 0 Å². The van der Waals surface area contributed by atoms with Crippen LogP contribution in [0.2, 0.25) is 0 Å². The molecular formula is C16H22N2O3. The van der Waals surface area contributed by atoms with Crippen LogP contribution in [-0.2, 0) is 4.84 Å². The van der Waals surface area contributed by atoms with E-state index in [1.807, 2.05) is 0 Å². The number of amides is 1. The summed E-state index contributed by atoms with van der Waals surface area (Å²) in [6.45, 7) is 0.316. The molecule has 1 fully saturated rings. The number of aliphatic hydroxyl groups excluding tert-OH is 1. The molecule has 0 bridgehead atoms. The van der Waals surface area contributed by atoms with Gasteiger partial charge in [0.25, 0.3) is 5.91 Å². The topological polar surface area (TPSA) is 70.9 Å². The molecule has 2 N–H and O–H groups in total. The maximum absolute atomic E-state index is 12.0. The molecule has 21 heavy (non-hydrogen) atoms. The molecule has 1 aliphatic rings. The molecule has 0 saturated heterocycles. The molecule has 2 rings (SSSR count). The first-order valence-electron chi connectivity index (χ1n) is 7.33. The van der Waals surface area contributed by atoms with Gasteiger partial charge in [0.1, 0.15) is 7.11 Å². The zero-order chi connectivity index (χ0) is 15.1. The molecule has 1 aromatic carbocycles. The van der Waals surface area contributed by atoms with E-state index in [0.29, 0.717) is 18.0 Å². The number of nitrogens with zero attached hydrogens (tertiary/aromatic N) is 1. The normalized spacial score (nSPS) is 17.0. The molecule has 114 valence electrons. The summed E-state index contributed by atoms with van der Waals surface area (Å²) < 4.78 is 0. The number of oxime groups is 1. The minimum Gasteiger partial charge on any atom is -0.399 e. The van der Waals surface area contributed by atoms with Gasteiger partial charge in [-0.3, -0.25) is 4.79 Å². The van der Waals surface area contributed by atoms with Crippen LogP contribution in [0.15, 0.2) is 29.4 Å². The largest absolute Gasteiger partial charge is 0.399 e. The number of hydrogen-bond donors (Lipinski definition) is 2. The summed E-state index contributed by atoms with van der Waals surface area (Å²) >= 11 is 0. The average molecular weight is 290 g/mol. The van der Waals surface area contributed by atoms with Crippen molar-refractivity contribution in [3.63, 3.8) is 0 Å². The molecule has 1 aromatic rings. The Morgan fingerprint density at radius 2 is 2.10 bits per heavy atom. The summed E-state index contributed by atoms with van der Waals surface area (Å²) in [7, 11) is 1.48. The first kappa shape index (κ1) is 15.5. The molecule has 1 amide bonds. The molecule has 0 radical (unpaired) electrons. The Bertz CT molecular complexity index is 479. The summed E-state index contributed by atoms with van der Waals surface area (Å²) in [5.41, 5.74) is 1.43. The smallest absolute Gasteiger partial charge is 0.251 e. The maximum Gasteiger partial charge on any atom is 0.251 e. The molecule has 1 atom stereocenters. The highest BCUT2D eigenvalue weighted by molar-refractivity contribution is 5.95. The number of hydrogen-bond acceptors (Lipinski definition) is 4. The van der Waals surface area contributed by atoms with Gasteiger partial charge in [-0.05, 0) is 36.5 Å². The van der Waals surface area contributed by atoms with E-state index in [4.69, 9.17) is 0 Å². The lowest BCUT2D eigenvalue weighted by molar-refractivity contribution is 0.0840. The van der Waals surface area contributed by atoms with E-state index in [9.17, 15) is 9.90 Å². The maximum atomic E-state index is 12.0. The molecule has 0 heterocycles. The Kier molecular flexibility index (Phi) is 5.75. The predicted molar refractivity (Wildman–Crippen MR) is 81.3 cm³/mol. The van der Waals surface area contributed by atoms with Crippen LogP contribution in [-0.4, -0.2) is 37.0 Å². The third kappa shape index (κ3) is 4.56. The van der Waals surface area contributed by atoms with E-state index >= 15 is 0 Å². The fourth-order valence-electron chi connectivity index (χ4n) is 2.64. The van der Waals surface area contributed by atoms with Crippen molar-refractivity contribution in [2.45, 2.75) is 31.8 Å². The van der Waals surface area contributed by atoms with Gasteiger partial charge in [0.15, 0.2) is 0 Å². The summed E-state index contributed by atoms with van der Waals surface area (Å²) in [5, 5.41) is 16.5. The number of carbonyl (C=O) groups excluding carboxylic acids is 1. The van der Waals surface area contributed by atoms with Crippen LogP contribution in [0.1, 0.15) is 41.6 Å². The number of carbonyl (C=O) groups is 1. The SMILES string of the molecule is CO/N=C/c1ccc(C(=O)NCC(O)C2CCCC2)cc1. The van der Waals surface area contributed by atoms with Crippen LogP contribution in [0.5, 0.6) is 0 Å². The van der Waals surface area contributed by atoms with E-state index < -0.39 is 6.10 Å². The molecule has 5 nitrogen and oxygen atoms in total. The fraction of sp³-hybridized carbons (Fsp3) is 0.500. The predicted octanol–water partition coefficient (Wildman–Crippen LogP) is 1.95. The summed E-state index contributed by atoms with van der Waals surface area (Å²) in [6.07, 6.45) is 5.62. The lowest BCUT2D eigenvalue weighted by atomic mass is 10.0. The average Bonchev–Trinajstić information content (AvgIpc) is 3.05. The number of nitrogens with one attached hydrogen (secondary N) is 1. The van der Waals surface area contributed by atoms with Crippen molar-refractivity contribution in [3.05, 3.63) is 35.4 Å². The van der Waals surface area contributed by atoms with E-state index in [1.54, 1.807) is 30.5 Å². The van der Waals surface area contributed by atoms with Crippen molar-refractivity contribution >= 4 is 12.1 Å². The van der Waals surface area contributed by atoms with Crippen LogP contribution in [0, 0.1) is 5.92 Å². The van der Waals surface area contributed by atoms with E-state index in [0.717, 1.165) is 18.4 Å². The van der Waals surface area contributed by atoms with E-state index in [1.165, 1.54) is 20.0 Å². The molecule has 5 heteroatoms. The van der Waals surface area contributed by atoms with Crippen molar-refractivity contribution in [2.75, 3.05) is 13.7 Å². The third-order valence-corrected chi connectivity index (χ3v) is 3.90. The van der Waals surface area contributed by atoms with Crippen LogP contribution < -0.4 is 5.32 Å². The van der Waals surface area contributed by atoms with Crippen LogP contribution in [0.3, 0.4) is 0 Å². The minimum absolute atomic E-state index is 0.165. The second-order valence-corrected chi connectivity index (χ2v) is 5.36. The Balaban J connectivity index is 1.83. The zero-order valence-corrected chi connectivity index (χ0v) is 12.3. The van der Waals surface area contributed by atoms with Crippen molar-refractivity contribution in [1.82, 2.24) is 5.32 Å². The van der Waals surface area contributed by atoms with Crippen molar-refractivity contribution < 1.29 is 14.7 Å².